The smallest absolute Gasteiger partial charge is 0.311 e. The molecule has 19 heavy (non-hydrogen) atoms. The first-order valence-corrected chi connectivity index (χ1v) is 6.19. The molecule has 1 aromatic heterocycles. The first kappa shape index (κ1) is 13.5. The lowest BCUT2D eigenvalue weighted by Crippen LogP contribution is -2.45. The van der Waals surface area contributed by atoms with Gasteiger partial charge in [0, 0.05) is 32.2 Å². The summed E-state index contributed by atoms with van der Waals surface area (Å²) in [6, 6.07) is 1.33. The molecule has 7 nitrogen and oxygen atoms in total. The summed E-state index contributed by atoms with van der Waals surface area (Å²) < 4.78 is 4.58. The monoisotopic (exact) mass is 266 g/mol. The number of anilines is 1. The fourth-order valence-electron chi connectivity index (χ4n) is 1.97. The number of hydrogen-bond acceptors (Lipinski definition) is 6. The third-order valence-electron chi connectivity index (χ3n) is 3.14. The molecule has 0 atom stereocenters. The number of carbonyl (C=O) groups is 1. The first-order valence-electron chi connectivity index (χ1n) is 6.19. The lowest BCUT2D eigenvalue weighted by Gasteiger charge is -2.32. The normalized spacial score (nSPS) is 16.4. The summed E-state index contributed by atoms with van der Waals surface area (Å²) in [5, 5.41) is 0. The van der Waals surface area contributed by atoms with Crippen molar-refractivity contribution in [2.24, 2.45) is 0 Å². The van der Waals surface area contributed by atoms with E-state index in [0.29, 0.717) is 11.6 Å². The molecule has 2 rings (SSSR count). The van der Waals surface area contributed by atoms with E-state index in [2.05, 4.69) is 26.7 Å². The Hall–Kier alpha value is -1.89. The number of hydrogen-bond donors (Lipinski definition) is 1. The highest BCUT2D eigenvalue weighted by atomic mass is 16.5. The van der Waals surface area contributed by atoms with Crippen LogP contribution in [0.5, 0.6) is 0 Å². The predicted molar refractivity (Wildman–Crippen MR) is 70.3 cm³/mol. The highest BCUT2D eigenvalue weighted by Gasteiger charge is 2.17. The number of aromatic amines is 1. The van der Waals surface area contributed by atoms with E-state index in [1.54, 1.807) is 0 Å². The molecule has 0 amide bonds. The Labute approximate surface area is 111 Å². The number of rotatable bonds is 3. The van der Waals surface area contributed by atoms with Gasteiger partial charge in [-0.25, -0.2) is 4.98 Å². The topological polar surface area (TPSA) is 78.5 Å². The van der Waals surface area contributed by atoms with E-state index in [1.807, 2.05) is 4.90 Å². The van der Waals surface area contributed by atoms with E-state index >= 15 is 0 Å². The summed E-state index contributed by atoms with van der Waals surface area (Å²) in [5.41, 5.74) is 0.187. The quantitative estimate of drug-likeness (QED) is 0.724. The first-order chi connectivity index (χ1) is 9.08. The molecular weight excluding hydrogens is 248 g/mol. The second-order valence-electron chi connectivity index (χ2n) is 4.60. The van der Waals surface area contributed by atoms with Crippen molar-refractivity contribution in [3.05, 3.63) is 22.1 Å². The van der Waals surface area contributed by atoms with E-state index in [9.17, 15) is 9.59 Å². The van der Waals surface area contributed by atoms with Crippen LogP contribution in [0.25, 0.3) is 0 Å². The van der Waals surface area contributed by atoms with Crippen LogP contribution in [0.2, 0.25) is 0 Å². The minimum absolute atomic E-state index is 0.0150. The Balaban J connectivity index is 2.16. The van der Waals surface area contributed by atoms with Crippen molar-refractivity contribution in [3.8, 4) is 0 Å². The molecule has 7 heteroatoms. The number of methoxy groups -OCH3 is 1. The van der Waals surface area contributed by atoms with Crippen LogP contribution in [0.1, 0.15) is 5.69 Å². The van der Waals surface area contributed by atoms with Crippen molar-refractivity contribution in [1.82, 2.24) is 14.9 Å². The summed E-state index contributed by atoms with van der Waals surface area (Å²) in [4.78, 5) is 34.1. The number of H-pyrrole nitrogens is 1. The molecule has 1 aliphatic heterocycles. The second-order valence-corrected chi connectivity index (χ2v) is 4.60. The molecule has 0 radical (unpaired) electrons. The Morgan fingerprint density at radius 2 is 2.11 bits per heavy atom. The van der Waals surface area contributed by atoms with Gasteiger partial charge in [0.05, 0.1) is 19.2 Å². The standard InChI is InChI=1S/C12H18N4O3/c1-15-3-5-16(6-4-15)12-13-9(7-10(17)14-12)8-11(18)19-2/h7H,3-6,8H2,1-2H3,(H,13,14,17). The Morgan fingerprint density at radius 1 is 1.42 bits per heavy atom. The molecule has 1 N–H and O–H groups in total. The number of nitrogens with zero attached hydrogens (tertiary/aromatic N) is 3. The van der Waals surface area contributed by atoms with Gasteiger partial charge in [-0.1, -0.05) is 0 Å². The van der Waals surface area contributed by atoms with Gasteiger partial charge in [-0.05, 0) is 7.05 Å². The maximum atomic E-state index is 11.6. The largest absolute Gasteiger partial charge is 0.469 e. The Kier molecular flexibility index (Phi) is 4.16. The second kappa shape index (κ2) is 5.83. The molecular formula is C12H18N4O3. The summed E-state index contributed by atoms with van der Waals surface area (Å²) in [6.07, 6.45) is 0.0150. The van der Waals surface area contributed by atoms with E-state index in [4.69, 9.17) is 0 Å². The number of piperazine rings is 1. The molecule has 0 bridgehead atoms. The molecule has 0 aliphatic carbocycles. The van der Waals surface area contributed by atoms with Crippen molar-refractivity contribution in [2.45, 2.75) is 6.42 Å². The molecule has 0 aromatic carbocycles. The lowest BCUT2D eigenvalue weighted by molar-refractivity contribution is -0.139. The average molecular weight is 266 g/mol. The molecule has 0 spiro atoms. The zero-order valence-corrected chi connectivity index (χ0v) is 11.2. The van der Waals surface area contributed by atoms with Crippen LogP contribution in [0.15, 0.2) is 10.9 Å². The number of carbonyl (C=O) groups excluding carboxylic acids is 1. The van der Waals surface area contributed by atoms with Crippen LogP contribution in [-0.2, 0) is 16.0 Å². The minimum atomic E-state index is -0.401. The van der Waals surface area contributed by atoms with Crippen LogP contribution in [-0.4, -0.2) is 61.2 Å². The maximum Gasteiger partial charge on any atom is 0.311 e. The van der Waals surface area contributed by atoms with Gasteiger partial charge in [0.1, 0.15) is 0 Å². The summed E-state index contributed by atoms with van der Waals surface area (Å²) >= 11 is 0. The van der Waals surface area contributed by atoms with Gasteiger partial charge in [0.2, 0.25) is 5.95 Å². The van der Waals surface area contributed by atoms with E-state index in [0.717, 1.165) is 26.2 Å². The molecule has 1 fully saturated rings. The van der Waals surface area contributed by atoms with E-state index in [-0.39, 0.29) is 12.0 Å². The summed E-state index contributed by atoms with van der Waals surface area (Å²) in [7, 11) is 3.37. The highest BCUT2D eigenvalue weighted by Crippen LogP contribution is 2.09. The molecule has 1 aliphatic rings. The zero-order valence-electron chi connectivity index (χ0n) is 11.2. The molecule has 0 saturated carbocycles. The van der Waals surface area contributed by atoms with Gasteiger partial charge < -0.3 is 14.5 Å². The molecule has 1 saturated heterocycles. The average Bonchev–Trinajstić information content (AvgIpc) is 2.38. The van der Waals surface area contributed by atoms with Crippen molar-refractivity contribution >= 4 is 11.9 Å². The molecule has 2 heterocycles. The van der Waals surface area contributed by atoms with Crippen molar-refractivity contribution in [1.29, 1.82) is 0 Å². The fraction of sp³-hybridized carbons (Fsp3) is 0.583. The van der Waals surface area contributed by atoms with E-state index < -0.39 is 5.97 Å². The van der Waals surface area contributed by atoms with Crippen molar-refractivity contribution in [3.63, 3.8) is 0 Å². The summed E-state index contributed by atoms with van der Waals surface area (Å²) in [6.45, 7) is 3.46. The number of aromatic nitrogens is 2. The molecule has 0 unspecified atom stereocenters. The maximum absolute atomic E-state index is 11.6. The third-order valence-corrected chi connectivity index (χ3v) is 3.14. The minimum Gasteiger partial charge on any atom is -0.469 e. The number of nitrogens with one attached hydrogen (secondary N) is 1. The SMILES string of the molecule is COC(=O)Cc1cc(=O)[nH]c(N2CCN(C)CC2)n1. The summed E-state index contributed by atoms with van der Waals surface area (Å²) in [5.74, 6) is 0.127. The van der Waals surface area contributed by atoms with Gasteiger partial charge in [0.15, 0.2) is 0 Å². The predicted octanol–water partition coefficient (Wildman–Crippen LogP) is -0.763. The van der Waals surface area contributed by atoms with Crippen LogP contribution < -0.4 is 10.5 Å². The van der Waals surface area contributed by atoms with Crippen LogP contribution in [0, 0.1) is 0 Å². The van der Waals surface area contributed by atoms with Gasteiger partial charge >= 0.3 is 5.97 Å². The van der Waals surface area contributed by atoms with Gasteiger partial charge in [-0.15, -0.1) is 0 Å². The lowest BCUT2D eigenvalue weighted by atomic mass is 10.3. The van der Waals surface area contributed by atoms with E-state index in [1.165, 1.54) is 13.2 Å². The Bertz CT molecular complexity index is 506. The molecule has 104 valence electrons. The van der Waals surface area contributed by atoms with Crippen LogP contribution in [0.4, 0.5) is 5.95 Å². The van der Waals surface area contributed by atoms with Crippen molar-refractivity contribution < 1.29 is 9.53 Å². The van der Waals surface area contributed by atoms with Crippen LogP contribution >= 0.6 is 0 Å². The van der Waals surface area contributed by atoms with Crippen molar-refractivity contribution in [2.75, 3.05) is 45.2 Å². The third kappa shape index (κ3) is 3.54. The van der Waals surface area contributed by atoms with Gasteiger partial charge in [-0.2, -0.15) is 0 Å². The number of ether oxygens (including phenoxy) is 1. The Morgan fingerprint density at radius 3 is 2.74 bits per heavy atom. The van der Waals surface area contributed by atoms with Gasteiger partial charge in [-0.3, -0.25) is 14.6 Å². The van der Waals surface area contributed by atoms with Gasteiger partial charge in [0.25, 0.3) is 5.56 Å². The highest BCUT2D eigenvalue weighted by molar-refractivity contribution is 5.71. The molecule has 1 aromatic rings. The zero-order chi connectivity index (χ0) is 13.8. The fourth-order valence-corrected chi connectivity index (χ4v) is 1.97. The number of likely N-dealkylation sites (N-methyl/N-ethyl adjacent to an activating group) is 1. The van der Waals surface area contributed by atoms with Crippen LogP contribution in [0.3, 0.4) is 0 Å². The number of esters is 1.